The quantitative estimate of drug-likeness (QED) is 0.551. The number of carbonyl (C=O) groups is 3. The van der Waals surface area contributed by atoms with Gasteiger partial charge >= 0.3 is 12.0 Å². The predicted octanol–water partition coefficient (Wildman–Crippen LogP) is 0.810. The minimum absolute atomic E-state index is 0.0993. The van der Waals surface area contributed by atoms with E-state index in [9.17, 15) is 14.4 Å². The van der Waals surface area contributed by atoms with E-state index >= 15 is 0 Å². The lowest BCUT2D eigenvalue weighted by molar-refractivity contribution is -0.122. The Balaban J connectivity index is 1.91. The number of urea groups is 1. The van der Waals surface area contributed by atoms with Crippen LogP contribution in [0.4, 0.5) is 10.5 Å². The SMILES string of the molecule is Cc1cc(NC(=O)NC(C)C(=O)NC2CC2)c(C(=O)O)[nH]1. The van der Waals surface area contributed by atoms with Gasteiger partial charge < -0.3 is 26.0 Å². The Hall–Kier alpha value is -2.51. The molecule has 8 nitrogen and oxygen atoms in total. The zero-order chi connectivity index (χ0) is 15.6. The number of carboxylic acid groups (broad SMARTS) is 1. The number of hydrogen-bond donors (Lipinski definition) is 5. The maximum atomic E-state index is 11.8. The van der Waals surface area contributed by atoms with Gasteiger partial charge in [0.2, 0.25) is 5.91 Å². The van der Waals surface area contributed by atoms with Crippen LogP contribution in [0, 0.1) is 6.92 Å². The molecule has 8 heteroatoms. The molecule has 1 saturated carbocycles. The number of aromatic carboxylic acids is 1. The van der Waals surface area contributed by atoms with Crippen molar-refractivity contribution in [3.8, 4) is 0 Å². The van der Waals surface area contributed by atoms with Crippen LogP contribution in [0.1, 0.15) is 35.9 Å². The van der Waals surface area contributed by atoms with Crippen LogP contribution in [0.2, 0.25) is 0 Å². The molecule has 2 rings (SSSR count). The molecule has 1 aliphatic carbocycles. The number of hydrogen-bond acceptors (Lipinski definition) is 3. The fourth-order valence-corrected chi connectivity index (χ4v) is 1.83. The van der Waals surface area contributed by atoms with Gasteiger partial charge in [-0.1, -0.05) is 0 Å². The molecule has 114 valence electrons. The summed E-state index contributed by atoms with van der Waals surface area (Å²) in [4.78, 5) is 37.2. The molecule has 1 fully saturated rings. The van der Waals surface area contributed by atoms with E-state index in [2.05, 4.69) is 20.9 Å². The monoisotopic (exact) mass is 294 g/mol. The second-order valence-electron chi connectivity index (χ2n) is 5.15. The van der Waals surface area contributed by atoms with Crippen LogP contribution in [0.5, 0.6) is 0 Å². The number of aromatic nitrogens is 1. The van der Waals surface area contributed by atoms with Gasteiger partial charge in [-0.3, -0.25) is 4.79 Å². The van der Waals surface area contributed by atoms with Gasteiger partial charge in [0.05, 0.1) is 5.69 Å². The van der Waals surface area contributed by atoms with E-state index < -0.39 is 18.0 Å². The van der Waals surface area contributed by atoms with Crippen LogP contribution in [-0.2, 0) is 4.79 Å². The van der Waals surface area contributed by atoms with E-state index in [0.29, 0.717) is 5.69 Å². The number of amides is 3. The Bertz CT molecular complexity index is 577. The molecular formula is C13H18N4O4. The van der Waals surface area contributed by atoms with Crippen LogP contribution in [0.15, 0.2) is 6.07 Å². The summed E-state index contributed by atoms with van der Waals surface area (Å²) in [7, 11) is 0. The Morgan fingerprint density at radius 1 is 1.38 bits per heavy atom. The normalized spacial score (nSPS) is 15.1. The first-order valence-corrected chi connectivity index (χ1v) is 6.67. The second-order valence-corrected chi connectivity index (χ2v) is 5.15. The number of aromatic amines is 1. The zero-order valence-electron chi connectivity index (χ0n) is 11.8. The number of nitrogens with one attached hydrogen (secondary N) is 4. The number of aryl methyl sites for hydroxylation is 1. The van der Waals surface area contributed by atoms with Gasteiger partial charge in [-0.15, -0.1) is 0 Å². The van der Waals surface area contributed by atoms with Crippen molar-refractivity contribution in [2.45, 2.75) is 38.8 Å². The first-order valence-electron chi connectivity index (χ1n) is 6.67. The summed E-state index contributed by atoms with van der Waals surface area (Å²) in [5.41, 5.74) is 0.673. The number of anilines is 1. The number of rotatable bonds is 5. The summed E-state index contributed by atoms with van der Waals surface area (Å²) in [6.07, 6.45) is 1.94. The molecule has 1 aliphatic rings. The topological polar surface area (TPSA) is 123 Å². The van der Waals surface area contributed by atoms with Crippen LogP contribution in [0.3, 0.4) is 0 Å². The third-order valence-electron chi connectivity index (χ3n) is 3.08. The van der Waals surface area contributed by atoms with Crippen molar-refractivity contribution in [1.82, 2.24) is 15.6 Å². The first kappa shape index (κ1) is 14.9. The Kier molecular flexibility index (Phi) is 4.15. The van der Waals surface area contributed by atoms with Gasteiger partial charge in [-0.25, -0.2) is 9.59 Å². The molecule has 5 N–H and O–H groups in total. The summed E-state index contributed by atoms with van der Waals surface area (Å²) in [6, 6.07) is 0.405. The van der Waals surface area contributed by atoms with E-state index in [1.54, 1.807) is 13.8 Å². The smallest absolute Gasteiger partial charge is 0.354 e. The van der Waals surface area contributed by atoms with Crippen LogP contribution < -0.4 is 16.0 Å². The predicted molar refractivity (Wildman–Crippen MR) is 75.3 cm³/mol. The van der Waals surface area contributed by atoms with Crippen molar-refractivity contribution in [2.75, 3.05) is 5.32 Å². The number of carbonyl (C=O) groups excluding carboxylic acids is 2. The van der Waals surface area contributed by atoms with Crippen LogP contribution in [-0.4, -0.2) is 40.1 Å². The van der Waals surface area contributed by atoms with Crippen molar-refractivity contribution in [1.29, 1.82) is 0 Å². The Morgan fingerprint density at radius 3 is 2.62 bits per heavy atom. The molecule has 1 aromatic rings. The molecule has 0 saturated heterocycles. The van der Waals surface area contributed by atoms with Crippen molar-refractivity contribution in [3.63, 3.8) is 0 Å². The van der Waals surface area contributed by atoms with Crippen LogP contribution >= 0.6 is 0 Å². The van der Waals surface area contributed by atoms with Gasteiger partial charge in [-0.05, 0) is 32.8 Å². The highest BCUT2D eigenvalue weighted by Crippen LogP contribution is 2.19. The summed E-state index contributed by atoms with van der Waals surface area (Å²) in [5.74, 6) is -1.42. The highest BCUT2D eigenvalue weighted by molar-refractivity contribution is 6.00. The Labute approximate surface area is 121 Å². The van der Waals surface area contributed by atoms with E-state index in [-0.39, 0.29) is 23.3 Å². The molecule has 1 atom stereocenters. The van der Waals surface area contributed by atoms with Gasteiger partial charge in [0, 0.05) is 11.7 Å². The number of carboxylic acids is 1. The maximum absolute atomic E-state index is 11.8. The summed E-state index contributed by atoms with van der Waals surface area (Å²) >= 11 is 0. The third-order valence-corrected chi connectivity index (χ3v) is 3.08. The van der Waals surface area contributed by atoms with Crippen molar-refractivity contribution < 1.29 is 19.5 Å². The first-order chi connectivity index (χ1) is 9.86. The molecule has 0 spiro atoms. The lowest BCUT2D eigenvalue weighted by Gasteiger charge is -2.14. The summed E-state index contributed by atoms with van der Waals surface area (Å²) in [6.45, 7) is 3.25. The molecule has 0 radical (unpaired) electrons. The summed E-state index contributed by atoms with van der Waals surface area (Å²) < 4.78 is 0. The van der Waals surface area contributed by atoms with Gasteiger partial charge in [0.15, 0.2) is 0 Å². The lowest BCUT2D eigenvalue weighted by atomic mass is 10.3. The fraction of sp³-hybridized carbons (Fsp3) is 0.462. The third kappa shape index (κ3) is 3.98. The largest absolute Gasteiger partial charge is 0.477 e. The minimum atomic E-state index is -1.17. The average Bonchev–Trinajstić information content (AvgIpc) is 3.11. The summed E-state index contributed by atoms with van der Waals surface area (Å²) in [5, 5.41) is 16.7. The fourth-order valence-electron chi connectivity index (χ4n) is 1.83. The van der Waals surface area contributed by atoms with Gasteiger partial charge in [0.25, 0.3) is 0 Å². The molecule has 21 heavy (non-hydrogen) atoms. The standard InChI is InChI=1S/C13H18N4O4/c1-6-5-9(10(14-6)12(19)20)17-13(21)15-7(2)11(18)16-8-3-4-8/h5,7-8,14H,3-4H2,1-2H3,(H,16,18)(H,19,20)(H2,15,17,21). The zero-order valence-corrected chi connectivity index (χ0v) is 11.8. The highest BCUT2D eigenvalue weighted by atomic mass is 16.4. The van der Waals surface area contributed by atoms with E-state index in [0.717, 1.165) is 12.8 Å². The second kappa shape index (κ2) is 5.86. The van der Waals surface area contributed by atoms with Crippen molar-refractivity contribution >= 4 is 23.6 Å². The lowest BCUT2D eigenvalue weighted by Crippen LogP contribution is -2.46. The number of H-pyrrole nitrogens is 1. The van der Waals surface area contributed by atoms with Gasteiger partial charge in [-0.2, -0.15) is 0 Å². The highest BCUT2D eigenvalue weighted by Gasteiger charge is 2.26. The van der Waals surface area contributed by atoms with E-state index in [1.165, 1.54) is 6.07 Å². The molecule has 0 aliphatic heterocycles. The molecule has 0 bridgehead atoms. The van der Waals surface area contributed by atoms with Crippen molar-refractivity contribution in [3.05, 3.63) is 17.5 Å². The van der Waals surface area contributed by atoms with E-state index in [1.807, 2.05) is 0 Å². The van der Waals surface area contributed by atoms with Crippen LogP contribution in [0.25, 0.3) is 0 Å². The van der Waals surface area contributed by atoms with Crippen molar-refractivity contribution in [2.24, 2.45) is 0 Å². The molecular weight excluding hydrogens is 276 g/mol. The molecule has 1 aromatic heterocycles. The average molecular weight is 294 g/mol. The minimum Gasteiger partial charge on any atom is -0.477 e. The van der Waals surface area contributed by atoms with Gasteiger partial charge in [0.1, 0.15) is 11.7 Å². The molecule has 3 amide bonds. The molecule has 1 heterocycles. The maximum Gasteiger partial charge on any atom is 0.354 e. The Morgan fingerprint density at radius 2 is 2.05 bits per heavy atom. The molecule has 1 unspecified atom stereocenters. The van der Waals surface area contributed by atoms with E-state index in [4.69, 9.17) is 5.11 Å². The molecule has 0 aromatic carbocycles.